The van der Waals surface area contributed by atoms with Crippen molar-refractivity contribution in [1.29, 1.82) is 0 Å². The maximum Gasteiger partial charge on any atom is 0.155 e. The quantitative estimate of drug-likeness (QED) is 0.408. The smallest absolute Gasteiger partial charge is 0.155 e. The van der Waals surface area contributed by atoms with Crippen LogP contribution >= 0.6 is 25.3 Å². The van der Waals surface area contributed by atoms with E-state index in [1.54, 1.807) is 6.92 Å². The molecule has 0 bridgehead atoms. The molecule has 3 heteroatoms. The molecule has 0 amide bonds. The van der Waals surface area contributed by atoms with Gasteiger partial charge in [-0.15, -0.1) is 0 Å². The van der Waals surface area contributed by atoms with E-state index in [0.29, 0.717) is 0 Å². The number of carbonyl (C=O) groups excluding carboxylic acids is 1. The summed E-state index contributed by atoms with van der Waals surface area (Å²) in [6.45, 7) is 3.10. The number of hydrogen-bond acceptors (Lipinski definition) is 3. The van der Waals surface area contributed by atoms with E-state index >= 15 is 0 Å². The highest BCUT2D eigenvalue weighted by molar-refractivity contribution is 8.01. The van der Waals surface area contributed by atoms with Crippen LogP contribution in [0.1, 0.15) is 13.8 Å². The molecule has 0 atom stereocenters. The van der Waals surface area contributed by atoms with Crippen molar-refractivity contribution in [3.8, 4) is 0 Å². The van der Waals surface area contributed by atoms with Crippen LogP contribution in [0.5, 0.6) is 0 Å². The summed E-state index contributed by atoms with van der Waals surface area (Å²) in [5, 5.41) is 0. The van der Waals surface area contributed by atoms with E-state index in [9.17, 15) is 4.79 Å². The van der Waals surface area contributed by atoms with Crippen molar-refractivity contribution in [1.82, 2.24) is 0 Å². The second kappa shape index (κ2) is 2.09. The van der Waals surface area contributed by atoms with Crippen molar-refractivity contribution < 1.29 is 4.79 Å². The van der Waals surface area contributed by atoms with Crippen molar-refractivity contribution in [2.24, 2.45) is 0 Å². The summed E-state index contributed by atoms with van der Waals surface area (Å²) in [5.74, 6) is -0.0285. The molecule has 0 unspecified atom stereocenters. The Kier molecular flexibility index (Phi) is 2.20. The molecular formula is C4H8OS2. The standard InChI is InChI=1S/C4H8OS2/c1-3(5)4(2,6)7/h6-7H,1-2H3. The lowest BCUT2D eigenvalue weighted by Gasteiger charge is -2.09. The summed E-state index contributed by atoms with van der Waals surface area (Å²) < 4.78 is -0.750. The van der Waals surface area contributed by atoms with Crippen LogP contribution in [0.2, 0.25) is 0 Å². The van der Waals surface area contributed by atoms with Crippen LogP contribution in [0.4, 0.5) is 0 Å². The summed E-state index contributed by atoms with van der Waals surface area (Å²) in [4.78, 5) is 10.3. The van der Waals surface area contributed by atoms with Crippen LogP contribution in [0.15, 0.2) is 0 Å². The van der Waals surface area contributed by atoms with Crippen molar-refractivity contribution in [2.45, 2.75) is 17.9 Å². The average Bonchev–Trinajstić information content (AvgIpc) is 1.31. The van der Waals surface area contributed by atoms with Crippen molar-refractivity contribution in [3.05, 3.63) is 0 Å². The monoisotopic (exact) mass is 136 g/mol. The third-order valence-electron chi connectivity index (χ3n) is 0.667. The number of ketones is 1. The summed E-state index contributed by atoms with van der Waals surface area (Å²) >= 11 is 7.73. The van der Waals surface area contributed by atoms with Crippen molar-refractivity contribution in [3.63, 3.8) is 0 Å². The molecule has 0 heterocycles. The van der Waals surface area contributed by atoms with E-state index in [-0.39, 0.29) is 5.78 Å². The first-order valence-corrected chi connectivity index (χ1v) is 2.80. The maximum atomic E-state index is 10.3. The van der Waals surface area contributed by atoms with Crippen LogP contribution in [0.3, 0.4) is 0 Å². The lowest BCUT2D eigenvalue weighted by Crippen LogP contribution is -2.17. The van der Waals surface area contributed by atoms with Crippen LogP contribution in [-0.4, -0.2) is 9.86 Å². The Hall–Kier alpha value is 0.370. The third kappa shape index (κ3) is 3.00. The molecule has 0 aliphatic carbocycles. The van der Waals surface area contributed by atoms with Gasteiger partial charge in [-0.2, -0.15) is 25.3 Å². The Bertz CT molecular complexity index is 82.2. The summed E-state index contributed by atoms with van der Waals surface area (Å²) in [6.07, 6.45) is 0. The molecule has 0 aromatic carbocycles. The zero-order chi connectivity index (χ0) is 6.08. The number of Topliss-reactive ketones (excluding diaryl/α,β-unsaturated/α-hetero) is 1. The van der Waals surface area contributed by atoms with E-state index in [1.807, 2.05) is 0 Å². The SMILES string of the molecule is CC(=O)C(C)(S)S. The minimum atomic E-state index is -0.750. The van der Waals surface area contributed by atoms with Gasteiger partial charge in [0.1, 0.15) is 4.08 Å². The van der Waals surface area contributed by atoms with Crippen molar-refractivity contribution >= 4 is 31.0 Å². The largest absolute Gasteiger partial charge is 0.298 e. The molecule has 42 valence electrons. The molecule has 0 saturated carbocycles. The second-order valence-corrected chi connectivity index (χ2v) is 3.72. The Morgan fingerprint density at radius 3 is 1.71 bits per heavy atom. The molecule has 0 aliphatic rings. The fourth-order valence-corrected chi connectivity index (χ4v) is 0. The fraction of sp³-hybridized carbons (Fsp3) is 0.750. The molecule has 1 nitrogen and oxygen atoms in total. The summed E-state index contributed by atoms with van der Waals surface area (Å²) in [5.41, 5.74) is 0. The Morgan fingerprint density at radius 2 is 1.71 bits per heavy atom. The maximum absolute atomic E-state index is 10.3. The molecule has 0 fully saturated rings. The predicted molar refractivity (Wildman–Crippen MR) is 37.1 cm³/mol. The van der Waals surface area contributed by atoms with Crippen LogP contribution in [0.25, 0.3) is 0 Å². The molecule has 0 N–H and O–H groups in total. The van der Waals surface area contributed by atoms with Gasteiger partial charge in [0.2, 0.25) is 0 Å². The number of carbonyl (C=O) groups is 1. The van der Waals surface area contributed by atoms with Gasteiger partial charge in [-0.05, 0) is 13.8 Å². The predicted octanol–water partition coefficient (Wildman–Crippen LogP) is 1.15. The van der Waals surface area contributed by atoms with Gasteiger partial charge in [0, 0.05) is 0 Å². The van der Waals surface area contributed by atoms with E-state index in [4.69, 9.17) is 0 Å². The minimum absolute atomic E-state index is 0.0285. The number of thiol groups is 2. The summed E-state index contributed by atoms with van der Waals surface area (Å²) in [6, 6.07) is 0. The Morgan fingerprint density at radius 1 is 1.57 bits per heavy atom. The molecule has 0 aliphatic heterocycles. The number of hydrogen-bond donors (Lipinski definition) is 2. The van der Waals surface area contributed by atoms with Gasteiger partial charge in [-0.3, -0.25) is 4.79 Å². The highest BCUT2D eigenvalue weighted by atomic mass is 32.2. The van der Waals surface area contributed by atoms with Gasteiger partial charge >= 0.3 is 0 Å². The van der Waals surface area contributed by atoms with Gasteiger partial charge in [-0.1, -0.05) is 0 Å². The minimum Gasteiger partial charge on any atom is -0.298 e. The Labute approximate surface area is 54.3 Å². The van der Waals surface area contributed by atoms with Gasteiger partial charge in [0.25, 0.3) is 0 Å². The first-order valence-electron chi connectivity index (χ1n) is 1.90. The van der Waals surface area contributed by atoms with E-state index in [1.165, 1.54) is 6.92 Å². The van der Waals surface area contributed by atoms with Crippen LogP contribution in [-0.2, 0) is 4.79 Å². The zero-order valence-corrected chi connectivity index (χ0v) is 6.09. The second-order valence-electron chi connectivity index (χ2n) is 1.58. The van der Waals surface area contributed by atoms with E-state index < -0.39 is 4.08 Å². The van der Waals surface area contributed by atoms with Crippen LogP contribution < -0.4 is 0 Å². The lowest BCUT2D eigenvalue weighted by atomic mass is 10.3. The lowest BCUT2D eigenvalue weighted by molar-refractivity contribution is -0.116. The molecule has 7 heavy (non-hydrogen) atoms. The van der Waals surface area contributed by atoms with Crippen molar-refractivity contribution in [2.75, 3.05) is 0 Å². The summed E-state index contributed by atoms with van der Waals surface area (Å²) in [7, 11) is 0. The Balaban J connectivity index is 3.79. The molecule has 0 saturated heterocycles. The fourth-order valence-electron chi connectivity index (χ4n) is 0. The molecule has 0 rings (SSSR count). The molecule has 0 spiro atoms. The molecule has 0 radical (unpaired) electrons. The molecule has 0 aromatic rings. The average molecular weight is 136 g/mol. The highest BCUT2D eigenvalue weighted by Crippen LogP contribution is 2.18. The number of rotatable bonds is 1. The third-order valence-corrected chi connectivity index (χ3v) is 1.30. The first kappa shape index (κ1) is 7.37. The normalized spacial score (nSPS) is 11.4. The zero-order valence-electron chi connectivity index (χ0n) is 4.30. The topological polar surface area (TPSA) is 17.1 Å². The van der Waals surface area contributed by atoms with E-state index in [0.717, 1.165) is 0 Å². The highest BCUT2D eigenvalue weighted by Gasteiger charge is 2.17. The van der Waals surface area contributed by atoms with Gasteiger partial charge in [-0.25, -0.2) is 0 Å². The van der Waals surface area contributed by atoms with Crippen LogP contribution in [0, 0.1) is 0 Å². The van der Waals surface area contributed by atoms with Gasteiger partial charge < -0.3 is 0 Å². The van der Waals surface area contributed by atoms with E-state index in [2.05, 4.69) is 25.3 Å². The van der Waals surface area contributed by atoms with Gasteiger partial charge in [0.05, 0.1) is 0 Å². The molecule has 0 aromatic heterocycles. The molecular weight excluding hydrogens is 128 g/mol. The van der Waals surface area contributed by atoms with Gasteiger partial charge in [0.15, 0.2) is 5.78 Å². The first-order chi connectivity index (χ1) is 2.94.